The Bertz CT molecular complexity index is 738. The smallest absolute Gasteiger partial charge is 0.274 e. The minimum atomic E-state index is -0.574. The molecule has 0 N–H and O–H groups in total. The van der Waals surface area contributed by atoms with Gasteiger partial charge in [0, 0.05) is 18.0 Å². The molecule has 3 nitrogen and oxygen atoms in total. The molecule has 0 aromatic rings. The molecule has 0 saturated carbocycles. The van der Waals surface area contributed by atoms with E-state index in [9.17, 15) is 9.18 Å². The van der Waals surface area contributed by atoms with Crippen molar-refractivity contribution in [3.8, 4) is 0 Å². The van der Waals surface area contributed by atoms with Crippen LogP contribution >= 0.6 is 0 Å². The first-order chi connectivity index (χ1) is 13.4. The molecule has 29 heavy (non-hydrogen) atoms. The molecule has 4 heteroatoms. The lowest BCUT2D eigenvalue weighted by Crippen LogP contribution is -2.52. The second-order valence-corrected chi connectivity index (χ2v) is 10.3. The van der Waals surface area contributed by atoms with E-state index in [2.05, 4.69) is 55.4 Å². The number of allylic oxidation sites excluding steroid dienone is 5. The highest BCUT2D eigenvalue weighted by Gasteiger charge is 2.47. The van der Waals surface area contributed by atoms with Crippen LogP contribution in [0.5, 0.6) is 0 Å². The molecule has 0 aromatic heterocycles. The first-order valence-corrected chi connectivity index (χ1v) is 11.0. The average molecular weight is 403 g/mol. The standard InChI is InChI=1S/C25H39FN2O/c1-17(2)19(4)28-23(29)22(20-11-9-10-12-21(26)14-13-20)27-25(28,8)16-15-18(3)24(5,6)7/h9,11,13-14,17-19H,10,12,15-16H2,1-8H3/b11-9-,20-13+,21-14+. The van der Waals surface area contributed by atoms with Gasteiger partial charge in [-0.3, -0.25) is 9.79 Å². The number of rotatable bonds is 6. The molecule has 2 aliphatic rings. The summed E-state index contributed by atoms with van der Waals surface area (Å²) in [6, 6.07) is 0.0732. The summed E-state index contributed by atoms with van der Waals surface area (Å²) in [5.41, 5.74) is 0.811. The zero-order chi connectivity index (χ0) is 22.0. The van der Waals surface area contributed by atoms with Gasteiger partial charge in [-0.2, -0.15) is 0 Å². The Balaban J connectivity index is 2.42. The Morgan fingerprint density at radius 2 is 1.86 bits per heavy atom. The van der Waals surface area contributed by atoms with Crippen molar-refractivity contribution < 1.29 is 9.18 Å². The van der Waals surface area contributed by atoms with Gasteiger partial charge in [-0.15, -0.1) is 0 Å². The van der Waals surface area contributed by atoms with Crippen LogP contribution in [0.3, 0.4) is 0 Å². The molecule has 0 aromatic carbocycles. The highest BCUT2D eigenvalue weighted by Crippen LogP contribution is 2.38. The van der Waals surface area contributed by atoms with Crippen molar-refractivity contribution in [1.29, 1.82) is 0 Å². The average Bonchev–Trinajstić information content (AvgIpc) is 2.86. The number of hydrogen-bond donors (Lipinski definition) is 0. The van der Waals surface area contributed by atoms with E-state index in [-0.39, 0.29) is 23.2 Å². The summed E-state index contributed by atoms with van der Waals surface area (Å²) in [5, 5.41) is 0. The Hall–Kier alpha value is -1.71. The van der Waals surface area contributed by atoms with Crippen LogP contribution in [-0.2, 0) is 4.79 Å². The van der Waals surface area contributed by atoms with Crippen molar-refractivity contribution in [2.45, 2.75) is 92.8 Å². The second kappa shape index (κ2) is 8.97. The zero-order valence-electron chi connectivity index (χ0n) is 19.6. The van der Waals surface area contributed by atoms with E-state index in [1.807, 2.05) is 17.1 Å². The zero-order valence-corrected chi connectivity index (χ0v) is 19.6. The number of hydrogen-bond acceptors (Lipinski definition) is 2. The Morgan fingerprint density at radius 3 is 2.45 bits per heavy atom. The molecular weight excluding hydrogens is 363 g/mol. The molecule has 3 unspecified atom stereocenters. The molecule has 0 spiro atoms. The van der Waals surface area contributed by atoms with Gasteiger partial charge in [0.2, 0.25) is 0 Å². The summed E-state index contributed by atoms with van der Waals surface area (Å²) in [7, 11) is 0. The van der Waals surface area contributed by atoms with E-state index in [1.165, 1.54) is 6.08 Å². The number of aliphatic imine (C=N–C) groups is 1. The van der Waals surface area contributed by atoms with Gasteiger partial charge in [0.05, 0.1) is 0 Å². The molecule has 0 radical (unpaired) electrons. The fraction of sp³-hybridized carbons (Fsp3) is 0.680. The summed E-state index contributed by atoms with van der Waals surface area (Å²) in [5.74, 6) is 0.643. The maximum Gasteiger partial charge on any atom is 0.274 e. The van der Waals surface area contributed by atoms with Crippen LogP contribution in [0.4, 0.5) is 4.39 Å². The van der Waals surface area contributed by atoms with Gasteiger partial charge in [-0.1, -0.05) is 59.8 Å². The van der Waals surface area contributed by atoms with Gasteiger partial charge in [0.15, 0.2) is 0 Å². The van der Waals surface area contributed by atoms with Crippen LogP contribution < -0.4 is 0 Å². The molecule has 1 aliphatic heterocycles. The molecule has 162 valence electrons. The lowest BCUT2D eigenvalue weighted by Gasteiger charge is -2.40. The molecule has 0 bridgehead atoms. The normalized spacial score (nSPS) is 30.1. The topological polar surface area (TPSA) is 32.7 Å². The SMILES string of the molecule is CC(C)C(C)N1C(=O)C(C2=C/C=C(/F)CC/C=C\2)=NC1(C)CCC(C)C(C)(C)C. The summed E-state index contributed by atoms with van der Waals surface area (Å²) in [4.78, 5) is 20.4. The lowest BCUT2D eigenvalue weighted by atomic mass is 9.78. The fourth-order valence-corrected chi connectivity index (χ4v) is 3.79. The minimum Gasteiger partial charge on any atom is -0.310 e. The van der Waals surface area contributed by atoms with E-state index in [4.69, 9.17) is 4.99 Å². The predicted octanol–water partition coefficient (Wildman–Crippen LogP) is 6.62. The third kappa shape index (κ3) is 5.46. The largest absolute Gasteiger partial charge is 0.310 e. The minimum absolute atomic E-state index is 0.0395. The monoisotopic (exact) mass is 402 g/mol. The molecule has 1 amide bonds. The highest BCUT2D eigenvalue weighted by atomic mass is 19.1. The second-order valence-electron chi connectivity index (χ2n) is 10.3. The summed E-state index contributed by atoms with van der Waals surface area (Å²) in [6.07, 6.45) is 9.87. The van der Waals surface area contributed by atoms with Crippen molar-refractivity contribution in [2.75, 3.05) is 0 Å². The van der Waals surface area contributed by atoms with Gasteiger partial charge >= 0.3 is 0 Å². The van der Waals surface area contributed by atoms with Crippen molar-refractivity contribution in [2.24, 2.45) is 22.2 Å². The third-order valence-corrected chi connectivity index (χ3v) is 6.76. The van der Waals surface area contributed by atoms with Crippen LogP contribution in [0, 0.1) is 17.3 Å². The van der Waals surface area contributed by atoms with Gasteiger partial charge in [-0.25, -0.2) is 4.39 Å². The van der Waals surface area contributed by atoms with Crippen LogP contribution in [0.15, 0.2) is 40.7 Å². The number of carbonyl (C=O) groups is 1. The lowest BCUT2D eigenvalue weighted by molar-refractivity contribution is -0.131. The van der Waals surface area contributed by atoms with Crippen molar-refractivity contribution in [1.82, 2.24) is 4.90 Å². The van der Waals surface area contributed by atoms with Crippen LogP contribution in [-0.4, -0.2) is 28.2 Å². The number of amides is 1. The number of halogens is 1. The predicted molar refractivity (Wildman–Crippen MR) is 120 cm³/mol. The highest BCUT2D eigenvalue weighted by molar-refractivity contribution is 6.47. The molecule has 0 saturated heterocycles. The van der Waals surface area contributed by atoms with Crippen molar-refractivity contribution >= 4 is 11.6 Å². The van der Waals surface area contributed by atoms with E-state index in [0.29, 0.717) is 36.0 Å². The van der Waals surface area contributed by atoms with Gasteiger partial charge < -0.3 is 4.90 Å². The maximum absolute atomic E-state index is 13.8. The molecular formula is C25H39FN2O. The summed E-state index contributed by atoms with van der Waals surface area (Å²) < 4.78 is 13.8. The number of nitrogens with zero attached hydrogens (tertiary/aromatic N) is 2. The Kier molecular flexibility index (Phi) is 7.29. The van der Waals surface area contributed by atoms with E-state index >= 15 is 0 Å². The number of carbonyl (C=O) groups excluding carboxylic acids is 1. The van der Waals surface area contributed by atoms with Crippen molar-refractivity contribution in [3.63, 3.8) is 0 Å². The van der Waals surface area contributed by atoms with Gasteiger partial charge in [-0.05, 0) is 56.4 Å². The third-order valence-electron chi connectivity index (χ3n) is 6.76. The first-order valence-electron chi connectivity index (χ1n) is 11.0. The maximum atomic E-state index is 13.8. The molecule has 0 fully saturated rings. The van der Waals surface area contributed by atoms with E-state index < -0.39 is 5.66 Å². The molecule has 2 rings (SSSR count). The summed E-state index contributed by atoms with van der Waals surface area (Å²) >= 11 is 0. The van der Waals surface area contributed by atoms with Gasteiger partial charge in [0.1, 0.15) is 17.2 Å². The molecule has 1 heterocycles. The first kappa shape index (κ1) is 23.6. The van der Waals surface area contributed by atoms with Crippen LogP contribution in [0.25, 0.3) is 0 Å². The Labute approximate surface area is 176 Å². The van der Waals surface area contributed by atoms with Crippen molar-refractivity contribution in [3.05, 3.63) is 35.7 Å². The summed E-state index contributed by atoms with van der Waals surface area (Å²) in [6.45, 7) is 17.5. The van der Waals surface area contributed by atoms with Crippen LogP contribution in [0.1, 0.15) is 81.1 Å². The molecule has 3 atom stereocenters. The van der Waals surface area contributed by atoms with Gasteiger partial charge in [0.25, 0.3) is 5.91 Å². The van der Waals surface area contributed by atoms with E-state index in [0.717, 1.165) is 12.8 Å². The van der Waals surface area contributed by atoms with E-state index in [1.54, 1.807) is 6.08 Å². The molecule has 1 aliphatic carbocycles. The fourth-order valence-electron chi connectivity index (χ4n) is 3.79. The Morgan fingerprint density at radius 1 is 1.21 bits per heavy atom. The van der Waals surface area contributed by atoms with Crippen LogP contribution in [0.2, 0.25) is 0 Å². The quantitative estimate of drug-likeness (QED) is 0.491.